The summed E-state index contributed by atoms with van der Waals surface area (Å²) in [5.74, 6) is 0.0418. The SMILES string of the molecule is C=CCOC(=O)C(CCC)CCCC. The average Bonchev–Trinajstić information content (AvgIpc) is 2.20. The molecule has 0 saturated heterocycles. The van der Waals surface area contributed by atoms with Gasteiger partial charge in [0, 0.05) is 0 Å². The molecule has 0 rings (SSSR count). The zero-order chi connectivity index (χ0) is 10.8. The van der Waals surface area contributed by atoms with E-state index in [4.69, 9.17) is 4.74 Å². The topological polar surface area (TPSA) is 26.3 Å². The first kappa shape index (κ1) is 13.2. The van der Waals surface area contributed by atoms with E-state index in [9.17, 15) is 4.79 Å². The molecule has 0 bridgehead atoms. The van der Waals surface area contributed by atoms with Crippen LogP contribution in [0.5, 0.6) is 0 Å². The molecule has 1 unspecified atom stereocenters. The summed E-state index contributed by atoms with van der Waals surface area (Å²) in [7, 11) is 0. The highest BCUT2D eigenvalue weighted by atomic mass is 16.5. The third-order valence-corrected chi connectivity index (χ3v) is 2.22. The van der Waals surface area contributed by atoms with Gasteiger partial charge < -0.3 is 4.74 Å². The van der Waals surface area contributed by atoms with Crippen LogP contribution in [0.25, 0.3) is 0 Å². The van der Waals surface area contributed by atoms with E-state index < -0.39 is 0 Å². The van der Waals surface area contributed by atoms with Gasteiger partial charge in [0.25, 0.3) is 0 Å². The molecule has 0 aliphatic rings. The van der Waals surface area contributed by atoms with Crippen molar-refractivity contribution in [3.05, 3.63) is 12.7 Å². The van der Waals surface area contributed by atoms with Crippen LogP contribution in [0.15, 0.2) is 12.7 Å². The number of unbranched alkanes of at least 4 members (excludes halogenated alkanes) is 1. The monoisotopic (exact) mass is 198 g/mol. The summed E-state index contributed by atoms with van der Waals surface area (Å²) in [4.78, 5) is 11.5. The molecular weight excluding hydrogens is 176 g/mol. The van der Waals surface area contributed by atoms with Gasteiger partial charge in [0.2, 0.25) is 0 Å². The molecule has 2 nitrogen and oxygen atoms in total. The molecule has 0 amide bonds. The number of esters is 1. The highest BCUT2D eigenvalue weighted by Gasteiger charge is 2.17. The Labute approximate surface area is 87.3 Å². The Morgan fingerprint density at radius 2 is 2.07 bits per heavy atom. The van der Waals surface area contributed by atoms with E-state index in [0.717, 1.165) is 32.1 Å². The molecule has 0 heterocycles. The Bertz CT molecular complexity index is 164. The normalized spacial score (nSPS) is 12.1. The average molecular weight is 198 g/mol. The lowest BCUT2D eigenvalue weighted by molar-refractivity contribution is -0.147. The van der Waals surface area contributed by atoms with Gasteiger partial charge in [0.1, 0.15) is 6.61 Å². The highest BCUT2D eigenvalue weighted by molar-refractivity contribution is 5.72. The summed E-state index contributed by atoms with van der Waals surface area (Å²) >= 11 is 0. The molecule has 0 spiro atoms. The molecule has 1 atom stereocenters. The Morgan fingerprint density at radius 1 is 1.36 bits per heavy atom. The van der Waals surface area contributed by atoms with Gasteiger partial charge in [0.15, 0.2) is 0 Å². The van der Waals surface area contributed by atoms with E-state index in [1.54, 1.807) is 6.08 Å². The molecule has 0 aliphatic carbocycles. The quantitative estimate of drug-likeness (QED) is 0.442. The van der Waals surface area contributed by atoms with Gasteiger partial charge in [0.05, 0.1) is 5.92 Å². The van der Waals surface area contributed by atoms with E-state index >= 15 is 0 Å². The van der Waals surface area contributed by atoms with Crippen LogP contribution in [-0.2, 0) is 9.53 Å². The van der Waals surface area contributed by atoms with Crippen LogP contribution in [0.3, 0.4) is 0 Å². The fourth-order valence-electron chi connectivity index (χ4n) is 1.44. The molecule has 0 aromatic carbocycles. The number of carbonyl (C=O) groups excluding carboxylic acids is 1. The van der Waals surface area contributed by atoms with Crippen molar-refractivity contribution in [1.29, 1.82) is 0 Å². The standard InChI is InChI=1S/C12H22O2/c1-4-7-9-11(8-5-2)12(13)14-10-6-3/h6,11H,3-5,7-10H2,1-2H3. The molecule has 0 N–H and O–H groups in total. The van der Waals surface area contributed by atoms with Crippen molar-refractivity contribution in [2.75, 3.05) is 6.61 Å². The van der Waals surface area contributed by atoms with E-state index in [2.05, 4.69) is 20.4 Å². The lowest BCUT2D eigenvalue weighted by atomic mass is 9.97. The molecule has 0 aliphatic heterocycles. The van der Waals surface area contributed by atoms with Crippen LogP contribution in [0.4, 0.5) is 0 Å². The number of ether oxygens (including phenoxy) is 1. The molecular formula is C12H22O2. The third-order valence-electron chi connectivity index (χ3n) is 2.22. The van der Waals surface area contributed by atoms with E-state index in [-0.39, 0.29) is 11.9 Å². The maximum Gasteiger partial charge on any atom is 0.309 e. The summed E-state index contributed by atoms with van der Waals surface area (Å²) in [6.45, 7) is 8.10. The molecule has 82 valence electrons. The summed E-state index contributed by atoms with van der Waals surface area (Å²) in [6, 6.07) is 0. The number of hydrogen-bond acceptors (Lipinski definition) is 2. The largest absolute Gasteiger partial charge is 0.461 e. The summed E-state index contributed by atoms with van der Waals surface area (Å²) in [5.41, 5.74) is 0. The van der Waals surface area contributed by atoms with Gasteiger partial charge in [-0.3, -0.25) is 4.79 Å². The zero-order valence-electron chi connectivity index (χ0n) is 9.42. The number of carbonyl (C=O) groups is 1. The molecule has 0 fully saturated rings. The fourth-order valence-corrected chi connectivity index (χ4v) is 1.44. The second-order valence-corrected chi connectivity index (χ2v) is 3.55. The predicted molar refractivity (Wildman–Crippen MR) is 59.1 cm³/mol. The minimum atomic E-state index is -0.0554. The van der Waals surface area contributed by atoms with Crippen molar-refractivity contribution in [2.45, 2.75) is 46.0 Å². The maximum absolute atomic E-state index is 11.5. The predicted octanol–water partition coefficient (Wildman–Crippen LogP) is 3.32. The van der Waals surface area contributed by atoms with Gasteiger partial charge in [-0.1, -0.05) is 45.8 Å². The lowest BCUT2D eigenvalue weighted by Gasteiger charge is -2.13. The zero-order valence-corrected chi connectivity index (χ0v) is 9.42. The Balaban J connectivity index is 3.89. The third kappa shape index (κ3) is 5.79. The van der Waals surface area contributed by atoms with Crippen molar-refractivity contribution in [2.24, 2.45) is 5.92 Å². The minimum absolute atomic E-state index is 0.0554. The maximum atomic E-state index is 11.5. The van der Waals surface area contributed by atoms with Gasteiger partial charge in [-0.2, -0.15) is 0 Å². The van der Waals surface area contributed by atoms with Gasteiger partial charge in [-0.15, -0.1) is 0 Å². The van der Waals surface area contributed by atoms with Crippen molar-refractivity contribution < 1.29 is 9.53 Å². The van der Waals surface area contributed by atoms with E-state index in [0.29, 0.717) is 6.61 Å². The lowest BCUT2D eigenvalue weighted by Crippen LogP contribution is -2.17. The van der Waals surface area contributed by atoms with E-state index in [1.807, 2.05) is 0 Å². The molecule has 0 saturated carbocycles. The minimum Gasteiger partial charge on any atom is -0.461 e. The van der Waals surface area contributed by atoms with Crippen LogP contribution < -0.4 is 0 Å². The summed E-state index contributed by atoms with van der Waals surface area (Å²) < 4.78 is 5.05. The first-order valence-corrected chi connectivity index (χ1v) is 5.53. The van der Waals surface area contributed by atoms with Crippen molar-refractivity contribution >= 4 is 5.97 Å². The van der Waals surface area contributed by atoms with Crippen molar-refractivity contribution in [1.82, 2.24) is 0 Å². The van der Waals surface area contributed by atoms with Crippen molar-refractivity contribution in [3.63, 3.8) is 0 Å². The first-order valence-electron chi connectivity index (χ1n) is 5.53. The van der Waals surface area contributed by atoms with Gasteiger partial charge >= 0.3 is 5.97 Å². The second kappa shape index (κ2) is 8.79. The van der Waals surface area contributed by atoms with Crippen LogP contribution in [-0.4, -0.2) is 12.6 Å². The van der Waals surface area contributed by atoms with Gasteiger partial charge in [-0.25, -0.2) is 0 Å². The van der Waals surface area contributed by atoms with Gasteiger partial charge in [-0.05, 0) is 12.8 Å². The Morgan fingerprint density at radius 3 is 2.57 bits per heavy atom. The fraction of sp³-hybridized carbons (Fsp3) is 0.750. The summed E-state index contributed by atoms with van der Waals surface area (Å²) in [6.07, 6.45) is 6.79. The molecule has 14 heavy (non-hydrogen) atoms. The smallest absolute Gasteiger partial charge is 0.309 e. The van der Waals surface area contributed by atoms with Crippen LogP contribution >= 0.6 is 0 Å². The first-order chi connectivity index (χ1) is 6.76. The number of rotatable bonds is 8. The Kier molecular flexibility index (Phi) is 8.30. The molecule has 0 radical (unpaired) electrons. The Hall–Kier alpha value is -0.790. The molecule has 0 aromatic heterocycles. The highest BCUT2D eigenvalue weighted by Crippen LogP contribution is 2.16. The number of hydrogen-bond donors (Lipinski definition) is 0. The van der Waals surface area contributed by atoms with E-state index in [1.165, 1.54) is 0 Å². The van der Waals surface area contributed by atoms with Crippen LogP contribution in [0.2, 0.25) is 0 Å². The second-order valence-electron chi connectivity index (χ2n) is 3.55. The molecule has 0 aromatic rings. The van der Waals surface area contributed by atoms with Crippen LogP contribution in [0, 0.1) is 5.92 Å². The van der Waals surface area contributed by atoms with Crippen molar-refractivity contribution in [3.8, 4) is 0 Å². The summed E-state index contributed by atoms with van der Waals surface area (Å²) in [5, 5.41) is 0. The van der Waals surface area contributed by atoms with Crippen LogP contribution in [0.1, 0.15) is 46.0 Å². The molecule has 2 heteroatoms.